The molecule has 0 aromatic rings. The van der Waals surface area contributed by atoms with Crippen molar-refractivity contribution in [2.45, 2.75) is 57.0 Å². The molecule has 16 heavy (non-hydrogen) atoms. The predicted octanol–water partition coefficient (Wildman–Crippen LogP) is 1.73. The quantitative estimate of drug-likeness (QED) is 0.699. The smallest absolute Gasteiger partial charge is 0.223 e. The minimum atomic E-state index is 0.164. The number of nitrogens with two attached hydrogens (primary N) is 1. The summed E-state index contributed by atoms with van der Waals surface area (Å²) in [6.07, 6.45) is 11.7. The highest BCUT2D eigenvalue weighted by molar-refractivity contribution is 5.79. The molecule has 0 heterocycles. The van der Waals surface area contributed by atoms with Crippen LogP contribution in [0.3, 0.4) is 0 Å². The Morgan fingerprint density at radius 2 is 2.00 bits per heavy atom. The summed E-state index contributed by atoms with van der Waals surface area (Å²) in [5, 5.41) is 3.14. The molecule has 3 heteroatoms. The Morgan fingerprint density at radius 1 is 1.19 bits per heavy atom. The van der Waals surface area contributed by atoms with Crippen molar-refractivity contribution in [1.29, 1.82) is 0 Å². The minimum absolute atomic E-state index is 0.164. The Hall–Kier alpha value is -0.830. The lowest BCUT2D eigenvalue weighted by molar-refractivity contribution is -0.126. The van der Waals surface area contributed by atoms with Crippen molar-refractivity contribution in [3.63, 3.8) is 0 Å². The summed E-state index contributed by atoms with van der Waals surface area (Å²) in [4.78, 5) is 12.0. The molecule has 2 aliphatic carbocycles. The Balaban J connectivity index is 1.83. The average molecular weight is 222 g/mol. The van der Waals surface area contributed by atoms with E-state index in [1.54, 1.807) is 0 Å². The molecule has 0 radical (unpaired) electrons. The second-order valence-electron chi connectivity index (χ2n) is 5.04. The first-order valence-corrected chi connectivity index (χ1v) is 6.48. The highest BCUT2D eigenvalue weighted by Gasteiger charge is 2.26. The van der Waals surface area contributed by atoms with E-state index >= 15 is 0 Å². The molecule has 0 spiro atoms. The molecule has 2 rings (SSSR count). The second kappa shape index (κ2) is 5.48. The Bertz CT molecular complexity index is 275. The highest BCUT2D eigenvalue weighted by Crippen LogP contribution is 2.21. The maximum Gasteiger partial charge on any atom is 0.223 e. The molecule has 3 unspecified atom stereocenters. The fraction of sp³-hybridized carbons (Fsp3) is 0.769. The molecular formula is C13H22N2O. The fourth-order valence-corrected chi connectivity index (χ4v) is 2.67. The predicted molar refractivity (Wildman–Crippen MR) is 64.9 cm³/mol. The van der Waals surface area contributed by atoms with Gasteiger partial charge in [-0.25, -0.2) is 0 Å². The monoisotopic (exact) mass is 222 g/mol. The second-order valence-corrected chi connectivity index (χ2v) is 5.04. The van der Waals surface area contributed by atoms with Crippen LogP contribution in [-0.4, -0.2) is 18.0 Å². The van der Waals surface area contributed by atoms with Gasteiger partial charge in [-0.1, -0.05) is 25.0 Å². The van der Waals surface area contributed by atoms with Gasteiger partial charge in [0.15, 0.2) is 0 Å². The Morgan fingerprint density at radius 3 is 2.69 bits per heavy atom. The minimum Gasteiger partial charge on any atom is -0.352 e. The van der Waals surface area contributed by atoms with Crippen LogP contribution in [-0.2, 0) is 4.79 Å². The summed E-state index contributed by atoms with van der Waals surface area (Å²) in [7, 11) is 0. The van der Waals surface area contributed by atoms with Gasteiger partial charge < -0.3 is 11.1 Å². The maximum absolute atomic E-state index is 12.0. The summed E-state index contributed by atoms with van der Waals surface area (Å²) in [6.45, 7) is 0. The molecule has 3 atom stereocenters. The summed E-state index contributed by atoms with van der Waals surface area (Å²) in [6, 6.07) is 0.379. The lowest BCUT2D eigenvalue weighted by Crippen LogP contribution is -2.50. The van der Waals surface area contributed by atoms with Crippen LogP contribution in [0.25, 0.3) is 0 Å². The zero-order chi connectivity index (χ0) is 11.4. The van der Waals surface area contributed by atoms with Crippen LogP contribution in [0, 0.1) is 5.92 Å². The third-order valence-electron chi connectivity index (χ3n) is 3.79. The summed E-state index contributed by atoms with van der Waals surface area (Å²) < 4.78 is 0. The van der Waals surface area contributed by atoms with Crippen molar-refractivity contribution in [2.75, 3.05) is 0 Å². The SMILES string of the molecule is NC1CCCCC1NC(=O)C1CC=CCC1. The van der Waals surface area contributed by atoms with E-state index in [0.29, 0.717) is 0 Å². The normalized spacial score (nSPS) is 34.7. The molecule has 3 nitrogen and oxygen atoms in total. The van der Waals surface area contributed by atoms with Crippen molar-refractivity contribution >= 4 is 5.91 Å². The average Bonchev–Trinajstić information content (AvgIpc) is 2.33. The highest BCUT2D eigenvalue weighted by atomic mass is 16.1. The first-order valence-electron chi connectivity index (χ1n) is 6.48. The van der Waals surface area contributed by atoms with Crippen LogP contribution < -0.4 is 11.1 Å². The van der Waals surface area contributed by atoms with Gasteiger partial charge in [0.2, 0.25) is 5.91 Å². The van der Waals surface area contributed by atoms with Crippen LogP contribution in [0.5, 0.6) is 0 Å². The molecule has 3 N–H and O–H groups in total. The molecule has 1 amide bonds. The molecular weight excluding hydrogens is 200 g/mol. The van der Waals surface area contributed by atoms with Crippen LogP contribution in [0.2, 0.25) is 0 Å². The van der Waals surface area contributed by atoms with Gasteiger partial charge in [0.25, 0.3) is 0 Å². The molecule has 0 aliphatic heterocycles. The first kappa shape index (κ1) is 11.6. The van der Waals surface area contributed by atoms with Crippen LogP contribution in [0.4, 0.5) is 0 Å². The van der Waals surface area contributed by atoms with Crippen molar-refractivity contribution in [3.05, 3.63) is 12.2 Å². The maximum atomic E-state index is 12.0. The number of carbonyl (C=O) groups excluding carboxylic acids is 1. The first-order chi connectivity index (χ1) is 7.77. The number of hydrogen-bond acceptors (Lipinski definition) is 2. The van der Waals surface area contributed by atoms with Crippen LogP contribution >= 0.6 is 0 Å². The van der Waals surface area contributed by atoms with E-state index in [-0.39, 0.29) is 23.9 Å². The van der Waals surface area contributed by atoms with Crippen molar-refractivity contribution in [2.24, 2.45) is 11.7 Å². The van der Waals surface area contributed by atoms with Crippen LogP contribution in [0.1, 0.15) is 44.9 Å². The van der Waals surface area contributed by atoms with E-state index in [2.05, 4.69) is 17.5 Å². The molecule has 90 valence electrons. The van der Waals surface area contributed by atoms with E-state index in [1.165, 1.54) is 12.8 Å². The lowest BCUT2D eigenvalue weighted by Gasteiger charge is -2.31. The molecule has 0 bridgehead atoms. The number of allylic oxidation sites excluding steroid dienone is 2. The Labute approximate surface area is 97.5 Å². The van der Waals surface area contributed by atoms with Gasteiger partial charge in [0.05, 0.1) is 0 Å². The van der Waals surface area contributed by atoms with Crippen molar-refractivity contribution < 1.29 is 4.79 Å². The van der Waals surface area contributed by atoms with Gasteiger partial charge in [0.1, 0.15) is 0 Å². The number of nitrogens with one attached hydrogen (secondary N) is 1. The lowest BCUT2D eigenvalue weighted by atomic mass is 9.89. The number of rotatable bonds is 2. The largest absolute Gasteiger partial charge is 0.352 e. The third-order valence-corrected chi connectivity index (χ3v) is 3.79. The molecule has 0 aromatic heterocycles. The summed E-state index contributed by atoms with van der Waals surface area (Å²) in [5.74, 6) is 0.394. The van der Waals surface area contributed by atoms with E-state index in [0.717, 1.165) is 32.1 Å². The third kappa shape index (κ3) is 2.85. The van der Waals surface area contributed by atoms with Gasteiger partial charge in [-0.2, -0.15) is 0 Å². The fourth-order valence-electron chi connectivity index (χ4n) is 2.67. The zero-order valence-electron chi connectivity index (χ0n) is 9.82. The molecule has 1 saturated carbocycles. The van der Waals surface area contributed by atoms with E-state index in [4.69, 9.17) is 5.73 Å². The van der Waals surface area contributed by atoms with Gasteiger partial charge in [-0.15, -0.1) is 0 Å². The molecule has 0 aromatic carbocycles. The molecule has 2 aliphatic rings. The standard InChI is InChI=1S/C13H22N2O/c14-11-8-4-5-9-12(11)15-13(16)10-6-2-1-3-7-10/h1-2,10-12H,3-9,14H2,(H,15,16). The number of hydrogen-bond donors (Lipinski definition) is 2. The topological polar surface area (TPSA) is 55.1 Å². The van der Waals surface area contributed by atoms with Crippen molar-refractivity contribution in [3.8, 4) is 0 Å². The van der Waals surface area contributed by atoms with Gasteiger partial charge >= 0.3 is 0 Å². The molecule has 1 fully saturated rings. The van der Waals surface area contributed by atoms with E-state index in [1.807, 2.05) is 0 Å². The van der Waals surface area contributed by atoms with Gasteiger partial charge in [-0.05, 0) is 32.1 Å². The Kier molecular flexibility index (Phi) is 3.99. The van der Waals surface area contributed by atoms with E-state index in [9.17, 15) is 4.79 Å². The van der Waals surface area contributed by atoms with Gasteiger partial charge in [-0.3, -0.25) is 4.79 Å². The van der Waals surface area contributed by atoms with Crippen molar-refractivity contribution in [1.82, 2.24) is 5.32 Å². The van der Waals surface area contributed by atoms with Gasteiger partial charge in [0, 0.05) is 18.0 Å². The van der Waals surface area contributed by atoms with Crippen LogP contribution in [0.15, 0.2) is 12.2 Å². The number of amides is 1. The zero-order valence-corrected chi connectivity index (χ0v) is 9.82. The summed E-state index contributed by atoms with van der Waals surface area (Å²) in [5.41, 5.74) is 6.03. The van der Waals surface area contributed by atoms with E-state index < -0.39 is 0 Å². The number of carbonyl (C=O) groups is 1. The summed E-state index contributed by atoms with van der Waals surface area (Å²) >= 11 is 0. The molecule has 0 saturated heterocycles.